The van der Waals surface area contributed by atoms with Gasteiger partial charge in [-0.2, -0.15) is 0 Å². The molecule has 0 unspecified atom stereocenters. The number of nitrogens with one attached hydrogen (secondary N) is 1. The third-order valence-corrected chi connectivity index (χ3v) is 6.97. The third-order valence-electron chi connectivity index (χ3n) is 6.73. The summed E-state index contributed by atoms with van der Waals surface area (Å²) < 4.78 is 5.54. The highest BCUT2D eigenvalue weighted by molar-refractivity contribution is 6.31. The first-order chi connectivity index (χ1) is 18.0. The maximum atomic E-state index is 13.4. The van der Waals surface area contributed by atoms with Gasteiger partial charge in [0, 0.05) is 35.1 Å². The van der Waals surface area contributed by atoms with E-state index in [1.807, 2.05) is 43.3 Å². The molecule has 7 heteroatoms. The summed E-state index contributed by atoms with van der Waals surface area (Å²) in [5, 5.41) is 4.45. The van der Waals surface area contributed by atoms with E-state index in [-0.39, 0.29) is 11.9 Å². The van der Waals surface area contributed by atoms with E-state index in [1.54, 1.807) is 12.1 Å². The predicted octanol–water partition coefficient (Wildman–Crippen LogP) is 5.99. The average Bonchev–Trinajstić information content (AvgIpc) is 2.87. The third kappa shape index (κ3) is 6.09. The number of halogens is 1. The number of fused-ring (bicyclic) bond motifs is 1. The highest BCUT2D eigenvalue weighted by Crippen LogP contribution is 2.30. The summed E-state index contributed by atoms with van der Waals surface area (Å²) in [7, 11) is 2.15. The second-order valence-corrected chi connectivity index (χ2v) is 10.1. The van der Waals surface area contributed by atoms with Crippen LogP contribution < -0.4 is 10.1 Å². The van der Waals surface area contributed by atoms with Gasteiger partial charge >= 0.3 is 0 Å². The highest BCUT2D eigenvalue weighted by Gasteiger charge is 2.32. The lowest BCUT2D eigenvalue weighted by atomic mass is 9.80. The zero-order valence-corrected chi connectivity index (χ0v) is 21.9. The minimum atomic E-state index is -0.178. The quantitative estimate of drug-likeness (QED) is 0.297. The molecule has 37 heavy (non-hydrogen) atoms. The lowest BCUT2D eigenvalue weighted by Crippen LogP contribution is -2.47. The van der Waals surface area contributed by atoms with Gasteiger partial charge in [0.2, 0.25) is 0 Å². The molecule has 190 valence electrons. The molecule has 1 aliphatic carbocycles. The van der Waals surface area contributed by atoms with Crippen LogP contribution in [0.4, 0.5) is 0 Å². The second kappa shape index (κ2) is 11.3. The van der Waals surface area contributed by atoms with E-state index in [0.29, 0.717) is 40.0 Å². The van der Waals surface area contributed by atoms with Crippen LogP contribution in [0.25, 0.3) is 22.3 Å². The molecule has 3 aromatic carbocycles. The normalized spacial score (nSPS) is 17.0. The van der Waals surface area contributed by atoms with Gasteiger partial charge in [0.15, 0.2) is 5.82 Å². The molecule has 0 bridgehead atoms. The van der Waals surface area contributed by atoms with Crippen molar-refractivity contribution in [3.63, 3.8) is 0 Å². The van der Waals surface area contributed by atoms with Crippen molar-refractivity contribution in [2.24, 2.45) is 5.92 Å². The van der Waals surface area contributed by atoms with E-state index in [0.717, 1.165) is 37.2 Å². The minimum absolute atomic E-state index is 0.147. The van der Waals surface area contributed by atoms with Crippen LogP contribution in [-0.2, 0) is 6.54 Å². The van der Waals surface area contributed by atoms with Crippen LogP contribution in [-0.4, -0.2) is 47.0 Å². The van der Waals surface area contributed by atoms with Crippen molar-refractivity contribution in [1.82, 2.24) is 20.2 Å². The molecule has 0 spiro atoms. The maximum Gasteiger partial charge on any atom is 0.270 e. The number of carbonyl (C=O) groups excluding carboxylic acids is 1. The molecule has 1 N–H and O–H groups in total. The summed E-state index contributed by atoms with van der Waals surface area (Å²) in [6.07, 6.45) is 1.93. The van der Waals surface area contributed by atoms with Crippen LogP contribution in [0.5, 0.6) is 5.75 Å². The molecule has 4 aromatic rings. The zero-order valence-electron chi connectivity index (χ0n) is 21.2. The molecule has 1 heterocycles. The van der Waals surface area contributed by atoms with E-state index >= 15 is 0 Å². The number of amides is 1. The van der Waals surface area contributed by atoms with Crippen molar-refractivity contribution in [2.45, 2.75) is 32.4 Å². The zero-order chi connectivity index (χ0) is 25.8. The smallest absolute Gasteiger partial charge is 0.270 e. The van der Waals surface area contributed by atoms with Gasteiger partial charge in [0.25, 0.3) is 5.91 Å². The lowest BCUT2D eigenvalue weighted by molar-refractivity contribution is 0.0863. The minimum Gasteiger partial charge on any atom is -0.494 e. The molecule has 1 aromatic heterocycles. The highest BCUT2D eigenvalue weighted by atomic mass is 35.5. The molecule has 1 amide bonds. The Balaban J connectivity index is 1.27. The van der Waals surface area contributed by atoms with Crippen LogP contribution >= 0.6 is 11.6 Å². The summed E-state index contributed by atoms with van der Waals surface area (Å²) in [4.78, 5) is 25.1. The van der Waals surface area contributed by atoms with Crippen molar-refractivity contribution in [2.75, 3.05) is 20.2 Å². The monoisotopic (exact) mass is 514 g/mol. The van der Waals surface area contributed by atoms with Gasteiger partial charge in [-0.15, -0.1) is 0 Å². The van der Waals surface area contributed by atoms with Crippen LogP contribution in [0.1, 0.15) is 35.8 Å². The summed E-state index contributed by atoms with van der Waals surface area (Å²) in [5.41, 5.74) is 3.14. The number of aromatic nitrogens is 2. The number of hydrogen-bond donors (Lipinski definition) is 1. The molecule has 0 aliphatic heterocycles. The Morgan fingerprint density at radius 1 is 1.05 bits per heavy atom. The first-order valence-electron chi connectivity index (χ1n) is 12.7. The number of hydrogen-bond acceptors (Lipinski definition) is 5. The van der Waals surface area contributed by atoms with Crippen LogP contribution in [0, 0.1) is 5.92 Å². The van der Waals surface area contributed by atoms with Crippen molar-refractivity contribution in [3.05, 3.63) is 89.1 Å². The Morgan fingerprint density at radius 3 is 2.54 bits per heavy atom. The lowest BCUT2D eigenvalue weighted by Gasteiger charge is -2.38. The fourth-order valence-corrected chi connectivity index (χ4v) is 5.09. The van der Waals surface area contributed by atoms with E-state index in [4.69, 9.17) is 21.3 Å². The van der Waals surface area contributed by atoms with E-state index < -0.39 is 0 Å². The Labute approximate surface area is 222 Å². The first kappa shape index (κ1) is 25.2. The van der Waals surface area contributed by atoms with Gasteiger partial charge in [0.1, 0.15) is 11.4 Å². The number of rotatable bonds is 9. The Hall–Kier alpha value is -3.48. The first-order valence-corrected chi connectivity index (χ1v) is 13.1. The fourth-order valence-electron chi connectivity index (χ4n) is 4.93. The maximum absolute atomic E-state index is 13.4. The number of carbonyl (C=O) groups is 1. The van der Waals surface area contributed by atoms with Gasteiger partial charge in [0.05, 0.1) is 12.1 Å². The number of nitrogens with zero attached hydrogens (tertiary/aromatic N) is 3. The molecule has 1 aliphatic rings. The van der Waals surface area contributed by atoms with Crippen molar-refractivity contribution >= 4 is 28.4 Å². The van der Waals surface area contributed by atoms with Crippen LogP contribution in [0.2, 0.25) is 5.02 Å². The van der Waals surface area contributed by atoms with Crippen molar-refractivity contribution in [3.8, 4) is 17.1 Å². The van der Waals surface area contributed by atoms with Crippen molar-refractivity contribution < 1.29 is 9.53 Å². The average molecular weight is 515 g/mol. The molecule has 5 rings (SSSR count). The molecular weight excluding hydrogens is 484 g/mol. The topological polar surface area (TPSA) is 67.3 Å². The summed E-state index contributed by atoms with van der Waals surface area (Å²) >= 11 is 6.25. The Morgan fingerprint density at radius 2 is 1.81 bits per heavy atom. The second-order valence-electron chi connectivity index (χ2n) is 9.70. The molecule has 0 saturated heterocycles. The summed E-state index contributed by atoms with van der Waals surface area (Å²) in [6.45, 7) is 4.48. The molecule has 1 fully saturated rings. The summed E-state index contributed by atoms with van der Waals surface area (Å²) in [6, 6.07) is 23.6. The van der Waals surface area contributed by atoms with Crippen molar-refractivity contribution in [1.29, 1.82) is 0 Å². The SMILES string of the molecule is CCOc1ccc(-c2nc(C(=O)NC3CC(CN(C)Cc4ccccc4)C3)c3ccc(Cl)cc3n2)cc1. The molecule has 0 atom stereocenters. The van der Waals surface area contributed by atoms with Crippen LogP contribution in [0.3, 0.4) is 0 Å². The van der Waals surface area contributed by atoms with Gasteiger partial charge < -0.3 is 15.0 Å². The van der Waals surface area contributed by atoms with E-state index in [1.165, 1.54) is 5.56 Å². The molecule has 1 saturated carbocycles. The van der Waals surface area contributed by atoms with Gasteiger partial charge in [-0.3, -0.25) is 4.79 Å². The largest absolute Gasteiger partial charge is 0.494 e. The predicted molar refractivity (Wildman–Crippen MR) is 148 cm³/mol. The standard InChI is InChI=1S/C30H31ClN4O2/c1-3-37-25-12-9-22(10-13-25)29-33-27-17-23(31)11-14-26(27)28(34-29)30(36)32-24-15-21(16-24)19-35(2)18-20-7-5-4-6-8-20/h4-14,17,21,24H,3,15-16,18-19H2,1-2H3,(H,32,36). The van der Waals surface area contributed by atoms with Gasteiger partial charge in [-0.25, -0.2) is 9.97 Å². The molecular formula is C30H31ClN4O2. The van der Waals surface area contributed by atoms with E-state index in [2.05, 4.69) is 46.5 Å². The fraction of sp³-hybridized carbons (Fsp3) is 0.300. The summed E-state index contributed by atoms with van der Waals surface area (Å²) in [5.74, 6) is 1.65. The van der Waals surface area contributed by atoms with Gasteiger partial charge in [-0.1, -0.05) is 41.9 Å². The molecule has 6 nitrogen and oxygen atoms in total. The van der Waals surface area contributed by atoms with E-state index in [9.17, 15) is 4.79 Å². The van der Waals surface area contributed by atoms with Gasteiger partial charge in [-0.05, 0) is 80.8 Å². The Bertz CT molecular complexity index is 1370. The number of ether oxygens (including phenoxy) is 1. The van der Waals surface area contributed by atoms with Crippen LogP contribution in [0.15, 0.2) is 72.8 Å². The Kier molecular flexibility index (Phi) is 7.68. The number of benzene rings is 3. The molecule has 0 radical (unpaired) electrons.